The Hall–Kier alpha value is -1.25. The molecule has 8 heteroatoms. The molecule has 0 heterocycles. The molecule has 2 atom stereocenters. The lowest BCUT2D eigenvalue weighted by Gasteiger charge is -2.11. The van der Waals surface area contributed by atoms with Crippen LogP contribution in [0.3, 0.4) is 0 Å². The maximum absolute atomic E-state index is 12.0. The monoisotopic (exact) mass is 333 g/mol. The molecule has 0 aromatic heterocycles. The molecule has 1 N–H and O–H groups in total. The largest absolute Gasteiger partial charge is 0.469 e. The van der Waals surface area contributed by atoms with E-state index in [1.807, 2.05) is 0 Å². The number of sulfonamides is 1. The van der Waals surface area contributed by atoms with Crippen molar-refractivity contribution in [3.05, 3.63) is 29.8 Å². The van der Waals surface area contributed by atoms with Gasteiger partial charge < -0.3 is 4.74 Å². The van der Waals surface area contributed by atoms with Crippen molar-refractivity contribution in [2.75, 3.05) is 19.9 Å². The maximum atomic E-state index is 12.0. The van der Waals surface area contributed by atoms with Gasteiger partial charge in [-0.1, -0.05) is 12.1 Å². The number of ether oxygens (including phenoxy) is 1. The molecule has 1 rings (SSSR count). The van der Waals surface area contributed by atoms with E-state index in [0.29, 0.717) is 5.56 Å². The maximum Gasteiger partial charge on any atom is 0.309 e. The predicted molar refractivity (Wildman–Crippen MR) is 80.9 cm³/mol. The number of methoxy groups -OCH3 is 1. The summed E-state index contributed by atoms with van der Waals surface area (Å²) >= 11 is 0. The van der Waals surface area contributed by atoms with Gasteiger partial charge in [0.2, 0.25) is 10.0 Å². The highest BCUT2D eigenvalue weighted by molar-refractivity contribution is 7.89. The van der Waals surface area contributed by atoms with Crippen LogP contribution in [0.2, 0.25) is 0 Å². The van der Waals surface area contributed by atoms with E-state index in [1.165, 1.54) is 25.5 Å². The van der Waals surface area contributed by atoms with Crippen LogP contribution in [-0.4, -0.2) is 43.8 Å². The van der Waals surface area contributed by atoms with Crippen LogP contribution in [-0.2, 0) is 36.8 Å². The Morgan fingerprint density at radius 1 is 1.33 bits per heavy atom. The molecule has 0 radical (unpaired) electrons. The molecule has 1 aromatic carbocycles. The van der Waals surface area contributed by atoms with E-state index in [0.717, 1.165) is 0 Å². The predicted octanol–water partition coefficient (Wildman–Crippen LogP) is 0.447. The topological polar surface area (TPSA) is 89.5 Å². The number of hydrogen-bond donors (Lipinski definition) is 1. The molecule has 0 aliphatic rings. The van der Waals surface area contributed by atoms with Crippen LogP contribution in [0.4, 0.5) is 0 Å². The molecule has 2 unspecified atom stereocenters. The van der Waals surface area contributed by atoms with Gasteiger partial charge in [0.25, 0.3) is 0 Å². The molecule has 118 valence electrons. The molecule has 0 saturated heterocycles. The van der Waals surface area contributed by atoms with Gasteiger partial charge in [-0.05, 0) is 24.6 Å². The minimum absolute atomic E-state index is 0.0934. The van der Waals surface area contributed by atoms with Gasteiger partial charge in [0.15, 0.2) is 0 Å². The van der Waals surface area contributed by atoms with Crippen molar-refractivity contribution in [1.82, 2.24) is 4.72 Å². The quantitative estimate of drug-likeness (QED) is 0.732. The van der Waals surface area contributed by atoms with E-state index in [2.05, 4.69) is 9.46 Å². The van der Waals surface area contributed by atoms with Crippen LogP contribution in [0.15, 0.2) is 29.2 Å². The number of esters is 1. The Balaban J connectivity index is 2.75. The van der Waals surface area contributed by atoms with Crippen molar-refractivity contribution in [2.45, 2.75) is 23.5 Å². The first kappa shape index (κ1) is 17.8. The normalized spacial score (nSPS) is 14.4. The molecule has 21 heavy (non-hydrogen) atoms. The van der Waals surface area contributed by atoms with Crippen molar-refractivity contribution in [3.8, 4) is 0 Å². The van der Waals surface area contributed by atoms with E-state index in [-0.39, 0.29) is 29.1 Å². The van der Waals surface area contributed by atoms with Gasteiger partial charge in [-0.3, -0.25) is 9.00 Å². The Kier molecular flexibility index (Phi) is 6.50. The first-order chi connectivity index (χ1) is 9.76. The van der Waals surface area contributed by atoms with E-state index in [1.54, 1.807) is 19.1 Å². The highest BCUT2D eigenvalue weighted by Crippen LogP contribution is 2.11. The molecular weight excluding hydrogens is 314 g/mol. The SMILES string of the molecule is COC(=O)Cc1ccc(S(=O)(=O)NCC(C)S(C)=O)cc1. The number of carbonyl (C=O) groups excluding carboxylic acids is 1. The summed E-state index contributed by atoms with van der Waals surface area (Å²) in [6.07, 6.45) is 1.62. The second-order valence-electron chi connectivity index (χ2n) is 4.56. The van der Waals surface area contributed by atoms with Crippen LogP contribution in [0.25, 0.3) is 0 Å². The fraction of sp³-hybridized carbons (Fsp3) is 0.462. The van der Waals surface area contributed by atoms with Gasteiger partial charge in [-0.2, -0.15) is 0 Å². The summed E-state index contributed by atoms with van der Waals surface area (Å²) in [6.45, 7) is 1.81. The zero-order valence-electron chi connectivity index (χ0n) is 12.2. The molecule has 0 spiro atoms. The molecule has 6 nitrogen and oxygen atoms in total. The van der Waals surface area contributed by atoms with Gasteiger partial charge >= 0.3 is 5.97 Å². The molecule has 0 aliphatic carbocycles. The van der Waals surface area contributed by atoms with Gasteiger partial charge in [-0.25, -0.2) is 13.1 Å². The molecule has 0 aliphatic heterocycles. The van der Waals surface area contributed by atoms with Crippen molar-refractivity contribution in [2.24, 2.45) is 0 Å². The van der Waals surface area contributed by atoms with Gasteiger partial charge in [0.1, 0.15) is 0 Å². The van der Waals surface area contributed by atoms with Crippen LogP contribution in [0.5, 0.6) is 0 Å². The fourth-order valence-electron chi connectivity index (χ4n) is 1.45. The Bertz CT molecular complexity index is 610. The molecular formula is C13H19NO5S2. The van der Waals surface area contributed by atoms with Crippen molar-refractivity contribution in [1.29, 1.82) is 0 Å². The number of benzene rings is 1. The van der Waals surface area contributed by atoms with Gasteiger partial charge in [0, 0.05) is 28.9 Å². The molecule has 0 bridgehead atoms. The zero-order valence-corrected chi connectivity index (χ0v) is 13.8. The fourth-order valence-corrected chi connectivity index (χ4v) is 3.01. The Morgan fingerprint density at radius 3 is 2.38 bits per heavy atom. The van der Waals surface area contributed by atoms with Crippen molar-refractivity contribution in [3.63, 3.8) is 0 Å². The summed E-state index contributed by atoms with van der Waals surface area (Å²) in [6, 6.07) is 5.97. The smallest absolute Gasteiger partial charge is 0.309 e. The molecule has 0 fully saturated rings. The highest BCUT2D eigenvalue weighted by Gasteiger charge is 2.16. The number of rotatable bonds is 7. The van der Waals surface area contributed by atoms with Crippen LogP contribution >= 0.6 is 0 Å². The van der Waals surface area contributed by atoms with Crippen molar-refractivity contribution >= 4 is 26.8 Å². The molecule has 1 aromatic rings. The second-order valence-corrected chi connectivity index (χ2v) is 8.13. The number of hydrogen-bond acceptors (Lipinski definition) is 5. The Morgan fingerprint density at radius 2 is 1.90 bits per heavy atom. The van der Waals surface area contributed by atoms with Crippen LogP contribution in [0, 0.1) is 0 Å². The standard InChI is InChI=1S/C13H19NO5S2/c1-10(20(3)16)9-14-21(17,18)12-6-4-11(5-7-12)8-13(15)19-2/h4-7,10,14H,8-9H2,1-3H3. The minimum Gasteiger partial charge on any atom is -0.469 e. The first-order valence-corrected chi connectivity index (χ1v) is 9.34. The van der Waals surface area contributed by atoms with E-state index < -0.39 is 20.8 Å². The lowest BCUT2D eigenvalue weighted by atomic mass is 10.2. The summed E-state index contributed by atoms with van der Waals surface area (Å²) in [4.78, 5) is 11.2. The lowest BCUT2D eigenvalue weighted by Crippen LogP contribution is -2.32. The third kappa shape index (κ3) is 5.56. The summed E-state index contributed by atoms with van der Waals surface area (Å²) in [7, 11) is -3.44. The van der Waals surface area contributed by atoms with Crippen LogP contribution < -0.4 is 4.72 Å². The number of nitrogens with one attached hydrogen (secondary N) is 1. The summed E-state index contributed by atoms with van der Waals surface area (Å²) in [5.41, 5.74) is 0.670. The molecule has 0 saturated carbocycles. The van der Waals surface area contributed by atoms with Crippen molar-refractivity contribution < 1.29 is 22.2 Å². The minimum atomic E-state index is -3.64. The van der Waals surface area contributed by atoms with Gasteiger partial charge in [0.05, 0.1) is 18.4 Å². The number of carbonyl (C=O) groups is 1. The second kappa shape index (κ2) is 7.67. The highest BCUT2D eigenvalue weighted by atomic mass is 32.2. The third-order valence-corrected chi connectivity index (χ3v) is 5.68. The molecule has 0 amide bonds. The van der Waals surface area contributed by atoms with E-state index in [9.17, 15) is 17.4 Å². The summed E-state index contributed by atoms with van der Waals surface area (Å²) < 4.78 is 42.3. The summed E-state index contributed by atoms with van der Waals surface area (Å²) in [5.74, 6) is -0.386. The summed E-state index contributed by atoms with van der Waals surface area (Å²) in [5, 5.41) is -0.265. The third-order valence-electron chi connectivity index (χ3n) is 2.94. The average Bonchev–Trinajstić information content (AvgIpc) is 2.45. The van der Waals surface area contributed by atoms with E-state index in [4.69, 9.17) is 0 Å². The van der Waals surface area contributed by atoms with E-state index >= 15 is 0 Å². The first-order valence-electron chi connectivity index (χ1n) is 6.24. The zero-order chi connectivity index (χ0) is 16.0. The van der Waals surface area contributed by atoms with Gasteiger partial charge in [-0.15, -0.1) is 0 Å². The lowest BCUT2D eigenvalue weighted by molar-refractivity contribution is -0.139. The average molecular weight is 333 g/mol. The van der Waals surface area contributed by atoms with Crippen LogP contribution in [0.1, 0.15) is 12.5 Å². The Labute approximate surface area is 127 Å².